The second kappa shape index (κ2) is 6.11. The Bertz CT molecular complexity index is 678. The Morgan fingerprint density at radius 3 is 2.75 bits per heavy atom. The SMILES string of the molecule is CCNC(Cc1csc2ccccc12)c1ncccn1. The van der Waals surface area contributed by atoms with Crippen molar-refractivity contribution in [1.82, 2.24) is 15.3 Å². The van der Waals surface area contributed by atoms with Gasteiger partial charge in [0.05, 0.1) is 6.04 Å². The maximum Gasteiger partial charge on any atom is 0.145 e. The minimum Gasteiger partial charge on any atom is -0.307 e. The van der Waals surface area contributed by atoms with E-state index in [1.54, 1.807) is 23.7 Å². The number of aromatic nitrogens is 2. The third kappa shape index (κ3) is 2.71. The first-order valence-electron chi connectivity index (χ1n) is 6.84. The van der Waals surface area contributed by atoms with Crippen molar-refractivity contribution in [3.8, 4) is 0 Å². The van der Waals surface area contributed by atoms with E-state index in [0.29, 0.717) is 0 Å². The van der Waals surface area contributed by atoms with Gasteiger partial charge in [0.2, 0.25) is 0 Å². The van der Waals surface area contributed by atoms with E-state index >= 15 is 0 Å². The molecular weight excluding hydrogens is 266 g/mol. The molecule has 2 heterocycles. The Labute approximate surface area is 122 Å². The first-order valence-corrected chi connectivity index (χ1v) is 7.72. The number of nitrogens with one attached hydrogen (secondary N) is 1. The summed E-state index contributed by atoms with van der Waals surface area (Å²) in [6.07, 6.45) is 4.53. The molecule has 1 atom stereocenters. The fourth-order valence-corrected chi connectivity index (χ4v) is 3.38. The van der Waals surface area contributed by atoms with Crippen molar-refractivity contribution in [3.05, 3.63) is 59.5 Å². The van der Waals surface area contributed by atoms with Crippen LogP contribution in [0.15, 0.2) is 48.1 Å². The number of hydrogen-bond donors (Lipinski definition) is 1. The molecule has 1 unspecified atom stereocenters. The second-order valence-electron chi connectivity index (χ2n) is 4.68. The molecule has 102 valence electrons. The van der Waals surface area contributed by atoms with Crippen molar-refractivity contribution >= 4 is 21.4 Å². The van der Waals surface area contributed by atoms with Gasteiger partial charge < -0.3 is 5.32 Å². The lowest BCUT2D eigenvalue weighted by Crippen LogP contribution is -2.24. The molecule has 0 aliphatic carbocycles. The van der Waals surface area contributed by atoms with Gasteiger partial charge in [-0.25, -0.2) is 9.97 Å². The number of rotatable bonds is 5. The first-order chi connectivity index (χ1) is 9.88. The van der Waals surface area contributed by atoms with Crippen LogP contribution in [0.2, 0.25) is 0 Å². The Hall–Kier alpha value is -1.78. The standard InChI is InChI=1S/C16H17N3S/c1-2-17-14(16-18-8-5-9-19-16)10-12-11-20-15-7-4-3-6-13(12)15/h3-9,11,14,17H,2,10H2,1H3. The van der Waals surface area contributed by atoms with Crippen molar-refractivity contribution in [1.29, 1.82) is 0 Å². The molecule has 3 nitrogen and oxygen atoms in total. The van der Waals surface area contributed by atoms with Gasteiger partial charge >= 0.3 is 0 Å². The van der Waals surface area contributed by atoms with Gasteiger partial charge in [-0.2, -0.15) is 0 Å². The molecule has 3 aromatic rings. The Balaban J connectivity index is 1.90. The van der Waals surface area contributed by atoms with Crippen molar-refractivity contribution < 1.29 is 0 Å². The van der Waals surface area contributed by atoms with Crippen LogP contribution in [0.4, 0.5) is 0 Å². The summed E-state index contributed by atoms with van der Waals surface area (Å²) in [6.45, 7) is 3.02. The van der Waals surface area contributed by atoms with E-state index in [1.807, 2.05) is 6.07 Å². The fraction of sp³-hybridized carbons (Fsp3) is 0.250. The molecule has 4 heteroatoms. The van der Waals surface area contributed by atoms with Crippen LogP contribution in [0.3, 0.4) is 0 Å². The lowest BCUT2D eigenvalue weighted by molar-refractivity contribution is 0.523. The highest BCUT2D eigenvalue weighted by Crippen LogP contribution is 2.28. The number of likely N-dealkylation sites (N-methyl/N-ethyl adjacent to an activating group) is 1. The summed E-state index contributed by atoms with van der Waals surface area (Å²) in [6, 6.07) is 10.6. The predicted octanol–water partition coefficient (Wildman–Crippen LogP) is 3.58. The summed E-state index contributed by atoms with van der Waals surface area (Å²) in [5.41, 5.74) is 1.36. The van der Waals surface area contributed by atoms with E-state index in [4.69, 9.17) is 0 Å². The largest absolute Gasteiger partial charge is 0.307 e. The smallest absolute Gasteiger partial charge is 0.145 e. The zero-order valence-electron chi connectivity index (χ0n) is 11.4. The van der Waals surface area contributed by atoms with Crippen molar-refractivity contribution in [3.63, 3.8) is 0 Å². The van der Waals surface area contributed by atoms with Gasteiger partial charge in [-0.15, -0.1) is 11.3 Å². The number of thiophene rings is 1. The fourth-order valence-electron chi connectivity index (χ4n) is 2.40. The van der Waals surface area contributed by atoms with E-state index in [0.717, 1.165) is 18.8 Å². The monoisotopic (exact) mass is 283 g/mol. The van der Waals surface area contributed by atoms with Gasteiger partial charge in [-0.3, -0.25) is 0 Å². The molecule has 0 saturated carbocycles. The van der Waals surface area contributed by atoms with Gasteiger partial charge in [-0.1, -0.05) is 25.1 Å². The molecule has 0 aliphatic rings. The third-order valence-corrected chi connectivity index (χ3v) is 4.35. The van der Waals surface area contributed by atoms with E-state index in [9.17, 15) is 0 Å². The summed E-state index contributed by atoms with van der Waals surface area (Å²) >= 11 is 1.80. The lowest BCUT2D eigenvalue weighted by atomic mass is 10.0. The Kier molecular flexibility index (Phi) is 4.04. The van der Waals surface area contributed by atoms with E-state index < -0.39 is 0 Å². The molecule has 3 rings (SSSR count). The second-order valence-corrected chi connectivity index (χ2v) is 5.59. The van der Waals surface area contributed by atoms with Crippen LogP contribution in [0.5, 0.6) is 0 Å². The molecule has 1 N–H and O–H groups in total. The highest BCUT2D eigenvalue weighted by molar-refractivity contribution is 7.17. The molecule has 0 radical (unpaired) electrons. The highest BCUT2D eigenvalue weighted by Gasteiger charge is 2.15. The maximum absolute atomic E-state index is 4.39. The van der Waals surface area contributed by atoms with Crippen LogP contribution < -0.4 is 5.32 Å². The van der Waals surface area contributed by atoms with Crippen molar-refractivity contribution in [2.75, 3.05) is 6.54 Å². The van der Waals surface area contributed by atoms with Gasteiger partial charge in [0, 0.05) is 17.1 Å². The topological polar surface area (TPSA) is 37.8 Å². The molecule has 0 amide bonds. The maximum atomic E-state index is 4.39. The van der Waals surface area contributed by atoms with E-state index in [2.05, 4.69) is 51.9 Å². The van der Waals surface area contributed by atoms with Crippen LogP contribution in [-0.4, -0.2) is 16.5 Å². The van der Waals surface area contributed by atoms with Crippen LogP contribution >= 0.6 is 11.3 Å². The number of hydrogen-bond acceptors (Lipinski definition) is 4. The molecular formula is C16H17N3S. The number of nitrogens with zero attached hydrogens (tertiary/aromatic N) is 2. The van der Waals surface area contributed by atoms with Crippen LogP contribution in [0.1, 0.15) is 24.4 Å². The third-order valence-electron chi connectivity index (χ3n) is 3.33. The van der Waals surface area contributed by atoms with Gasteiger partial charge in [0.25, 0.3) is 0 Å². The van der Waals surface area contributed by atoms with Crippen molar-refractivity contribution in [2.24, 2.45) is 0 Å². The predicted molar refractivity (Wildman–Crippen MR) is 84.0 cm³/mol. The number of benzene rings is 1. The zero-order valence-corrected chi connectivity index (χ0v) is 12.2. The molecule has 0 bridgehead atoms. The van der Waals surface area contributed by atoms with E-state index in [-0.39, 0.29) is 6.04 Å². The summed E-state index contributed by atoms with van der Waals surface area (Å²) in [5, 5.41) is 7.07. The number of fused-ring (bicyclic) bond motifs is 1. The molecule has 0 saturated heterocycles. The quantitative estimate of drug-likeness (QED) is 0.777. The minimum absolute atomic E-state index is 0.166. The van der Waals surface area contributed by atoms with Crippen LogP contribution in [0, 0.1) is 0 Å². The van der Waals surface area contributed by atoms with Gasteiger partial charge in [0.15, 0.2) is 0 Å². The molecule has 20 heavy (non-hydrogen) atoms. The van der Waals surface area contributed by atoms with Gasteiger partial charge in [-0.05, 0) is 41.4 Å². The Morgan fingerprint density at radius 2 is 1.95 bits per heavy atom. The molecule has 0 spiro atoms. The summed E-state index contributed by atoms with van der Waals surface area (Å²) in [5.74, 6) is 0.865. The highest BCUT2D eigenvalue weighted by atomic mass is 32.1. The van der Waals surface area contributed by atoms with Crippen LogP contribution in [-0.2, 0) is 6.42 Å². The average molecular weight is 283 g/mol. The van der Waals surface area contributed by atoms with Gasteiger partial charge in [0.1, 0.15) is 5.82 Å². The molecule has 0 fully saturated rings. The average Bonchev–Trinajstić information content (AvgIpc) is 2.91. The summed E-state index contributed by atoms with van der Waals surface area (Å²) < 4.78 is 1.34. The lowest BCUT2D eigenvalue weighted by Gasteiger charge is -2.15. The zero-order chi connectivity index (χ0) is 13.8. The van der Waals surface area contributed by atoms with E-state index in [1.165, 1.54) is 15.6 Å². The Morgan fingerprint density at radius 1 is 1.15 bits per heavy atom. The summed E-state index contributed by atoms with van der Waals surface area (Å²) in [4.78, 5) is 8.78. The minimum atomic E-state index is 0.166. The van der Waals surface area contributed by atoms with Crippen molar-refractivity contribution in [2.45, 2.75) is 19.4 Å². The van der Waals surface area contributed by atoms with Crippen LogP contribution in [0.25, 0.3) is 10.1 Å². The first kappa shape index (κ1) is 13.2. The summed E-state index contributed by atoms with van der Waals surface area (Å²) in [7, 11) is 0. The molecule has 0 aliphatic heterocycles. The molecule has 2 aromatic heterocycles. The molecule has 1 aromatic carbocycles. The normalized spacial score (nSPS) is 12.7.